The summed E-state index contributed by atoms with van der Waals surface area (Å²) in [4.78, 5) is 8.07. The van der Waals surface area contributed by atoms with E-state index >= 15 is 0 Å². The van der Waals surface area contributed by atoms with E-state index in [-0.39, 0.29) is 0 Å². The molecule has 4 nitrogen and oxygen atoms in total. The van der Waals surface area contributed by atoms with Crippen LogP contribution in [-0.4, -0.2) is 29.6 Å². The second-order valence-electron chi connectivity index (χ2n) is 3.39. The summed E-state index contributed by atoms with van der Waals surface area (Å²) in [6.07, 6.45) is 6.62. The predicted molar refractivity (Wildman–Crippen MR) is 63.8 cm³/mol. The fourth-order valence-electron chi connectivity index (χ4n) is 1.47. The standard InChI is InChI=1S/C10H13BrN4/c11-9-6-13-7-15-10(9)14-5-8-1-3-12-4-2-8/h1,6-7,12H,2-5H2,(H,13,14,15). The first-order chi connectivity index (χ1) is 7.36. The van der Waals surface area contributed by atoms with Crippen molar-refractivity contribution in [3.63, 3.8) is 0 Å². The van der Waals surface area contributed by atoms with Crippen LogP contribution in [0.15, 0.2) is 28.6 Å². The summed E-state index contributed by atoms with van der Waals surface area (Å²) in [7, 11) is 0. The van der Waals surface area contributed by atoms with Gasteiger partial charge in [-0.3, -0.25) is 0 Å². The van der Waals surface area contributed by atoms with Gasteiger partial charge in [0.05, 0.1) is 4.47 Å². The summed E-state index contributed by atoms with van der Waals surface area (Å²) < 4.78 is 0.902. The van der Waals surface area contributed by atoms with Crippen molar-refractivity contribution in [2.24, 2.45) is 0 Å². The van der Waals surface area contributed by atoms with Crippen molar-refractivity contribution in [1.29, 1.82) is 0 Å². The molecule has 0 radical (unpaired) electrons. The van der Waals surface area contributed by atoms with Crippen LogP contribution < -0.4 is 10.6 Å². The second-order valence-corrected chi connectivity index (χ2v) is 4.24. The maximum absolute atomic E-state index is 4.15. The topological polar surface area (TPSA) is 49.8 Å². The maximum atomic E-state index is 4.15. The van der Waals surface area contributed by atoms with Crippen LogP contribution in [0.3, 0.4) is 0 Å². The minimum Gasteiger partial charge on any atom is -0.365 e. The Hall–Kier alpha value is -0.940. The molecule has 0 aromatic carbocycles. The average Bonchev–Trinajstić information content (AvgIpc) is 2.29. The fourth-order valence-corrected chi connectivity index (χ4v) is 1.83. The van der Waals surface area contributed by atoms with Gasteiger partial charge in [-0.2, -0.15) is 0 Å². The summed E-state index contributed by atoms with van der Waals surface area (Å²) in [6.45, 7) is 2.90. The third-order valence-electron chi connectivity index (χ3n) is 2.31. The molecule has 0 amide bonds. The Morgan fingerprint density at radius 3 is 3.20 bits per heavy atom. The minimum absolute atomic E-state index is 0.851. The summed E-state index contributed by atoms with van der Waals surface area (Å²) in [5.41, 5.74) is 1.43. The smallest absolute Gasteiger partial charge is 0.143 e. The zero-order valence-electron chi connectivity index (χ0n) is 8.33. The lowest BCUT2D eigenvalue weighted by molar-refractivity contribution is 0.697. The van der Waals surface area contributed by atoms with Gasteiger partial charge in [-0.15, -0.1) is 0 Å². The number of hydrogen-bond donors (Lipinski definition) is 2. The van der Waals surface area contributed by atoms with Crippen molar-refractivity contribution in [1.82, 2.24) is 15.3 Å². The predicted octanol–water partition coefficient (Wildman–Crippen LogP) is 1.57. The van der Waals surface area contributed by atoms with Gasteiger partial charge >= 0.3 is 0 Å². The normalized spacial score (nSPS) is 15.9. The van der Waals surface area contributed by atoms with Gasteiger partial charge in [0, 0.05) is 19.3 Å². The molecule has 2 rings (SSSR count). The van der Waals surface area contributed by atoms with E-state index in [0.717, 1.165) is 36.3 Å². The molecule has 0 atom stereocenters. The van der Waals surface area contributed by atoms with Crippen LogP contribution in [0.5, 0.6) is 0 Å². The first-order valence-electron chi connectivity index (χ1n) is 4.94. The third kappa shape index (κ3) is 3.00. The quantitative estimate of drug-likeness (QED) is 0.818. The molecule has 1 aromatic rings. The van der Waals surface area contributed by atoms with Crippen molar-refractivity contribution >= 4 is 21.7 Å². The first kappa shape index (κ1) is 10.6. The number of anilines is 1. The Labute approximate surface area is 97.3 Å². The number of aromatic nitrogens is 2. The molecule has 1 aliphatic rings. The van der Waals surface area contributed by atoms with Crippen LogP contribution in [0.2, 0.25) is 0 Å². The highest BCUT2D eigenvalue weighted by Gasteiger charge is 2.04. The van der Waals surface area contributed by atoms with E-state index in [1.165, 1.54) is 5.57 Å². The molecular formula is C10H13BrN4. The average molecular weight is 269 g/mol. The molecule has 2 heterocycles. The lowest BCUT2D eigenvalue weighted by atomic mass is 10.1. The van der Waals surface area contributed by atoms with E-state index in [1.807, 2.05) is 0 Å². The molecule has 0 fully saturated rings. The second kappa shape index (κ2) is 5.23. The van der Waals surface area contributed by atoms with E-state index in [2.05, 4.69) is 42.6 Å². The zero-order chi connectivity index (χ0) is 10.5. The lowest BCUT2D eigenvalue weighted by Gasteiger charge is -2.15. The molecule has 0 spiro atoms. The molecule has 0 saturated carbocycles. The molecule has 1 aliphatic heterocycles. The summed E-state index contributed by atoms with van der Waals surface area (Å²) >= 11 is 3.40. The van der Waals surface area contributed by atoms with Crippen molar-refractivity contribution in [3.8, 4) is 0 Å². The van der Waals surface area contributed by atoms with Crippen molar-refractivity contribution < 1.29 is 0 Å². The van der Waals surface area contributed by atoms with Crippen LogP contribution >= 0.6 is 15.9 Å². The van der Waals surface area contributed by atoms with E-state index in [4.69, 9.17) is 0 Å². The molecule has 0 bridgehead atoms. The zero-order valence-corrected chi connectivity index (χ0v) is 9.92. The Balaban J connectivity index is 1.93. The fraction of sp³-hybridized carbons (Fsp3) is 0.400. The first-order valence-corrected chi connectivity index (χ1v) is 5.73. The third-order valence-corrected chi connectivity index (χ3v) is 2.89. The number of rotatable bonds is 3. The highest BCUT2D eigenvalue weighted by molar-refractivity contribution is 9.10. The molecule has 0 saturated heterocycles. The van der Waals surface area contributed by atoms with Crippen LogP contribution in [-0.2, 0) is 0 Å². The number of nitrogens with zero attached hydrogens (tertiary/aromatic N) is 2. The van der Waals surface area contributed by atoms with E-state index in [0.29, 0.717) is 0 Å². The molecular weight excluding hydrogens is 256 g/mol. The SMILES string of the molecule is Brc1cncnc1NCC1=CCNCC1. The molecule has 0 aliphatic carbocycles. The lowest BCUT2D eigenvalue weighted by Crippen LogP contribution is -2.23. The molecule has 80 valence electrons. The molecule has 15 heavy (non-hydrogen) atoms. The van der Waals surface area contributed by atoms with Gasteiger partial charge in [-0.05, 0) is 28.9 Å². The highest BCUT2D eigenvalue weighted by Crippen LogP contribution is 2.17. The number of nitrogens with one attached hydrogen (secondary N) is 2. The minimum atomic E-state index is 0.851. The van der Waals surface area contributed by atoms with E-state index < -0.39 is 0 Å². The van der Waals surface area contributed by atoms with E-state index in [1.54, 1.807) is 12.5 Å². The largest absolute Gasteiger partial charge is 0.365 e. The Kier molecular flexibility index (Phi) is 3.69. The maximum Gasteiger partial charge on any atom is 0.143 e. The molecule has 0 unspecified atom stereocenters. The summed E-state index contributed by atoms with van der Waals surface area (Å²) in [6, 6.07) is 0. The van der Waals surface area contributed by atoms with Gasteiger partial charge in [-0.25, -0.2) is 9.97 Å². The van der Waals surface area contributed by atoms with Crippen molar-refractivity contribution in [2.75, 3.05) is 25.0 Å². The summed E-state index contributed by atoms with van der Waals surface area (Å²) in [5, 5.41) is 6.57. The van der Waals surface area contributed by atoms with Gasteiger partial charge in [-0.1, -0.05) is 11.6 Å². The van der Waals surface area contributed by atoms with Crippen LogP contribution in [0.25, 0.3) is 0 Å². The van der Waals surface area contributed by atoms with Crippen molar-refractivity contribution in [3.05, 3.63) is 28.6 Å². The number of hydrogen-bond acceptors (Lipinski definition) is 4. The monoisotopic (exact) mass is 268 g/mol. The van der Waals surface area contributed by atoms with Gasteiger partial charge in [0.2, 0.25) is 0 Å². The van der Waals surface area contributed by atoms with Crippen LogP contribution in [0, 0.1) is 0 Å². The highest BCUT2D eigenvalue weighted by atomic mass is 79.9. The Bertz CT molecular complexity index is 364. The van der Waals surface area contributed by atoms with Gasteiger partial charge in [0.25, 0.3) is 0 Å². The van der Waals surface area contributed by atoms with Crippen LogP contribution in [0.4, 0.5) is 5.82 Å². The van der Waals surface area contributed by atoms with Crippen molar-refractivity contribution in [2.45, 2.75) is 6.42 Å². The van der Waals surface area contributed by atoms with Crippen LogP contribution in [0.1, 0.15) is 6.42 Å². The molecule has 5 heteroatoms. The Morgan fingerprint density at radius 2 is 2.47 bits per heavy atom. The molecule has 2 N–H and O–H groups in total. The van der Waals surface area contributed by atoms with E-state index in [9.17, 15) is 0 Å². The van der Waals surface area contributed by atoms with Gasteiger partial charge in [0.15, 0.2) is 0 Å². The Morgan fingerprint density at radius 1 is 1.53 bits per heavy atom. The summed E-state index contributed by atoms with van der Waals surface area (Å²) in [5.74, 6) is 0.851. The van der Waals surface area contributed by atoms with Gasteiger partial charge < -0.3 is 10.6 Å². The molecule has 1 aromatic heterocycles. The van der Waals surface area contributed by atoms with Gasteiger partial charge in [0.1, 0.15) is 12.1 Å². The number of halogens is 1.